The summed E-state index contributed by atoms with van der Waals surface area (Å²) >= 11 is 2.70. The highest BCUT2D eigenvalue weighted by molar-refractivity contribution is 7.99. The molecule has 44 heteroatoms. The maximum Gasteiger partial charge on any atom is 0.333 e. The largest absolute Gasteiger partial charge is 0.456 e. The summed E-state index contributed by atoms with van der Waals surface area (Å²) in [5.41, 5.74) is -0.319. The van der Waals surface area contributed by atoms with Gasteiger partial charge in [-0.3, -0.25) is 9.59 Å². The van der Waals surface area contributed by atoms with E-state index in [1.807, 2.05) is 0 Å². The number of rotatable bonds is 18. The quantitative estimate of drug-likeness (QED) is 0.0344. The van der Waals surface area contributed by atoms with Crippen LogP contribution in [0.1, 0.15) is 27.7 Å². The van der Waals surface area contributed by atoms with E-state index in [0.717, 1.165) is 7.11 Å². The standard InChI is InChI=1S/C67H108O42S2/c1-25(2)57(84)105-53-38(70)29(16-88-7)99-63(48(53)80)94-18-31-36(68)43(75)45(77)62(101-31)93-21-34-41(73)54(106-58(85)26(3)4)49(81)65(102-34)97-22-35-42(74)56-51(83)66(103-35)96-20-33-40(72)52(47(79)61(90-9)98-33)107-59(86)27(5)23-110-14-12-91-10-11-92-13-15-111-24-28(6)60(87)108-55-39(71)30(17-89-8)100-64(50(55)82)95-19-32-37(69)44(76)46(78)67(104-32)109-56/h27-56,61-83H,1,3,10-24H2,2,4-9H3/t27?,28?,29?,30?,31?,32?,33?,34?,35?,36-,37-,38-,39-,40-,41-,42-,43+,44+,45?,46?,47?,48?,49?,50?,51?,52+,53+,54+,55+,56+,61+,62+,63+,64+,65+,66+,67-/m1/s1. The molecule has 111 heavy (non-hydrogen) atoms. The van der Waals surface area contributed by atoms with Crippen molar-refractivity contribution in [1.82, 2.24) is 0 Å². The van der Waals surface area contributed by atoms with Crippen LogP contribution in [0.5, 0.6) is 0 Å². The first-order valence-corrected chi connectivity index (χ1v) is 38.2. The fourth-order valence-electron chi connectivity index (χ4n) is 12.6. The third-order valence-electron chi connectivity index (χ3n) is 19.2. The van der Waals surface area contributed by atoms with Crippen LogP contribution in [0.3, 0.4) is 0 Å². The van der Waals surface area contributed by atoms with Gasteiger partial charge in [0.1, 0.15) is 146 Å². The van der Waals surface area contributed by atoms with Crippen molar-refractivity contribution in [1.29, 1.82) is 0 Å². The van der Waals surface area contributed by atoms with Crippen molar-refractivity contribution in [3.05, 3.63) is 24.3 Å². The molecule has 8 aliphatic heterocycles. The Morgan fingerprint density at radius 2 is 0.793 bits per heavy atom. The number of hydrogen-bond acceptors (Lipinski definition) is 44. The molecule has 8 rings (SSSR count). The number of esters is 4. The Morgan fingerprint density at radius 1 is 0.396 bits per heavy atom. The molecule has 0 saturated carbocycles. The Hall–Kier alpha value is -3.30. The van der Waals surface area contributed by atoms with E-state index in [2.05, 4.69) is 13.2 Å². The highest BCUT2D eigenvalue weighted by Gasteiger charge is 2.57. The Morgan fingerprint density at radius 3 is 1.25 bits per heavy atom. The van der Waals surface area contributed by atoms with E-state index in [0.29, 0.717) is 18.1 Å². The van der Waals surface area contributed by atoms with E-state index in [1.165, 1.54) is 51.6 Å². The zero-order valence-corrected chi connectivity index (χ0v) is 63.6. The van der Waals surface area contributed by atoms with E-state index in [1.54, 1.807) is 13.8 Å². The van der Waals surface area contributed by atoms with Crippen LogP contribution >= 0.6 is 23.5 Å². The average Bonchev–Trinajstić information content (AvgIpc) is 0.778. The fourth-order valence-corrected chi connectivity index (χ4v) is 14.4. The molecule has 0 radical (unpaired) electrons. The molecule has 0 aromatic carbocycles. The highest BCUT2D eigenvalue weighted by Crippen LogP contribution is 2.37. The van der Waals surface area contributed by atoms with Crippen LogP contribution in [0, 0.1) is 11.8 Å². The third kappa shape index (κ3) is 24.0. The lowest BCUT2D eigenvalue weighted by molar-refractivity contribution is -0.375. The summed E-state index contributed by atoms with van der Waals surface area (Å²) in [5.74, 6) is -4.06. The minimum atomic E-state index is -2.26. The van der Waals surface area contributed by atoms with E-state index in [4.69, 9.17) is 104 Å². The smallest absolute Gasteiger partial charge is 0.333 e. The third-order valence-corrected chi connectivity index (χ3v) is 21.6. The van der Waals surface area contributed by atoms with Gasteiger partial charge in [0.25, 0.3) is 0 Å². The van der Waals surface area contributed by atoms with Crippen molar-refractivity contribution < 1.29 is 205 Å². The number of carbonyl (C=O) groups is 4. The summed E-state index contributed by atoms with van der Waals surface area (Å²) in [6, 6.07) is 0. The van der Waals surface area contributed by atoms with Crippen LogP contribution in [0.25, 0.3) is 0 Å². The Balaban J connectivity index is 1.03. The second-order valence-corrected chi connectivity index (χ2v) is 30.1. The summed E-state index contributed by atoms with van der Waals surface area (Å²) in [6.07, 6.45) is -66.4. The second kappa shape index (κ2) is 43.9. The molecule has 8 heterocycles. The van der Waals surface area contributed by atoms with Gasteiger partial charge in [0.2, 0.25) is 0 Å². The predicted octanol–water partition coefficient (Wildman–Crippen LogP) is -9.17. The molecular weight excluding hydrogens is 1540 g/mol. The van der Waals surface area contributed by atoms with E-state index < -0.39 is 284 Å². The molecule has 0 amide bonds. The lowest BCUT2D eigenvalue weighted by Gasteiger charge is -2.47. The van der Waals surface area contributed by atoms with Gasteiger partial charge < -0.3 is 186 Å². The van der Waals surface area contributed by atoms with Crippen LogP contribution in [-0.4, -0.2) is 438 Å². The van der Waals surface area contributed by atoms with Crippen LogP contribution in [0.15, 0.2) is 24.3 Å². The molecule has 42 nitrogen and oxygen atoms in total. The lowest BCUT2D eigenvalue weighted by Crippen LogP contribution is -2.66. The Kier molecular flexibility index (Phi) is 36.9. The minimum Gasteiger partial charge on any atom is -0.456 e. The molecule has 16 N–H and O–H groups in total. The van der Waals surface area contributed by atoms with Crippen LogP contribution in [0.2, 0.25) is 0 Å². The first-order chi connectivity index (χ1) is 52.7. The molecule has 8 fully saturated rings. The molecule has 0 aromatic rings. The average molecular weight is 1650 g/mol. The molecule has 0 spiro atoms. The molecule has 16 unspecified atom stereocenters. The molecule has 640 valence electrons. The van der Waals surface area contributed by atoms with Gasteiger partial charge in [0.15, 0.2) is 68.4 Å². The van der Waals surface area contributed by atoms with Gasteiger partial charge in [-0.05, 0) is 13.8 Å². The first-order valence-electron chi connectivity index (χ1n) is 35.9. The van der Waals surface area contributed by atoms with Crippen molar-refractivity contribution in [2.24, 2.45) is 11.8 Å². The minimum absolute atomic E-state index is 0.0836. The summed E-state index contributed by atoms with van der Waals surface area (Å²) in [6.45, 7) is 8.68. The summed E-state index contributed by atoms with van der Waals surface area (Å²) in [7, 11) is 3.67. The summed E-state index contributed by atoms with van der Waals surface area (Å²) < 4.78 is 126. The number of thioether (sulfide) groups is 2. The molecule has 8 saturated heterocycles. The molecule has 0 aliphatic carbocycles. The first kappa shape index (κ1) is 93.2. The summed E-state index contributed by atoms with van der Waals surface area (Å²) in [4.78, 5) is 52.7. The maximum absolute atomic E-state index is 13.6. The molecule has 37 atom stereocenters. The van der Waals surface area contributed by atoms with Gasteiger partial charge in [-0.25, -0.2) is 9.59 Å². The molecular formula is C67H108O42S2. The fraction of sp³-hybridized carbons (Fsp3) is 0.881. The van der Waals surface area contributed by atoms with E-state index >= 15 is 0 Å². The highest BCUT2D eigenvalue weighted by atomic mass is 32.2. The van der Waals surface area contributed by atoms with Gasteiger partial charge in [-0.15, -0.1) is 0 Å². The summed E-state index contributed by atoms with van der Waals surface area (Å²) in [5, 5.41) is 184. The van der Waals surface area contributed by atoms with E-state index in [-0.39, 0.29) is 55.7 Å². The lowest BCUT2D eigenvalue weighted by atomic mass is 9.96. The number of aliphatic hydroxyl groups is 16. The number of hydrogen-bond donors (Lipinski definition) is 16. The predicted molar refractivity (Wildman–Crippen MR) is 366 cm³/mol. The van der Waals surface area contributed by atoms with Crippen LogP contribution < -0.4 is 0 Å². The van der Waals surface area contributed by atoms with Crippen LogP contribution in [0.4, 0.5) is 0 Å². The number of methoxy groups -OCH3 is 3. The molecule has 8 bridgehead atoms. The number of ether oxygens (including phenoxy) is 22. The number of aliphatic hydroxyl groups excluding tert-OH is 16. The Bertz CT molecular complexity index is 2900. The zero-order valence-electron chi connectivity index (χ0n) is 62.0. The van der Waals surface area contributed by atoms with Crippen LogP contribution in [-0.2, 0) is 123 Å². The van der Waals surface area contributed by atoms with Crippen molar-refractivity contribution in [3.8, 4) is 0 Å². The normalized spacial score (nSPS) is 44.8. The van der Waals surface area contributed by atoms with E-state index in [9.17, 15) is 101 Å². The monoisotopic (exact) mass is 1650 g/mol. The molecule has 0 aromatic heterocycles. The van der Waals surface area contributed by atoms with Crippen molar-refractivity contribution in [2.45, 2.75) is 243 Å². The van der Waals surface area contributed by atoms with Crippen molar-refractivity contribution in [2.75, 3.05) is 117 Å². The van der Waals surface area contributed by atoms with Gasteiger partial charge >= 0.3 is 23.9 Å². The zero-order chi connectivity index (χ0) is 81.4. The second-order valence-electron chi connectivity index (χ2n) is 27.8. The number of fused-ring (bicyclic) bond motifs is 8. The number of carbonyl (C=O) groups excluding carboxylic acids is 4. The van der Waals surface area contributed by atoms with Gasteiger partial charge in [0.05, 0.1) is 84.5 Å². The Labute approximate surface area is 645 Å². The SMILES string of the molecule is C=C(C)C(=O)O[C@@H]1C(O)[C@@H](OCC2O[C@H](OCC3O[C@H](OCC4O[C@@H]5OCC6O[C@H](OC)C(O)[C@@H](OC(=O)C(C)CSCCOCCOCCSCC(C)C(=O)O[C@@H]7C(O)[C@@H](OCC8O[C@H](O[C@H](C5O)[C@@H]4O)C(O)[C@@H](O)[C@@H]8O)OC(COC)[C@H]7O)[C@@H]6O)C(O)[C@@H](OC(=O)C(=C)C)[C@@H]3O)C(O)[C@@H](O)[C@@H]2O)OC(COC)[C@H]1O. The van der Waals surface area contributed by atoms with Gasteiger partial charge in [0, 0.05) is 55.5 Å². The van der Waals surface area contributed by atoms with Crippen molar-refractivity contribution >= 4 is 47.4 Å². The topological polar surface area (TPSA) is 595 Å². The maximum atomic E-state index is 13.6. The van der Waals surface area contributed by atoms with Crippen molar-refractivity contribution in [3.63, 3.8) is 0 Å². The molecule has 8 aliphatic rings. The van der Waals surface area contributed by atoms with Gasteiger partial charge in [-0.2, -0.15) is 23.5 Å². The van der Waals surface area contributed by atoms with Gasteiger partial charge in [-0.1, -0.05) is 27.0 Å².